The Bertz CT molecular complexity index is 1400. The number of nitrogens with one attached hydrogen (secondary N) is 1. The molecule has 1 amide bonds. The van der Waals surface area contributed by atoms with Crippen molar-refractivity contribution in [3.63, 3.8) is 0 Å². The summed E-state index contributed by atoms with van der Waals surface area (Å²) in [6.45, 7) is 0.539. The number of thiazole rings is 2. The van der Waals surface area contributed by atoms with Gasteiger partial charge in [0.1, 0.15) is 24.1 Å². The van der Waals surface area contributed by atoms with E-state index in [1.54, 1.807) is 12.1 Å². The molecule has 1 aromatic carbocycles. The minimum atomic E-state index is -2.33. The van der Waals surface area contributed by atoms with Gasteiger partial charge in [0, 0.05) is 26.5 Å². The number of hydrogen-bond acceptors (Lipinski definition) is 13. The van der Waals surface area contributed by atoms with Crippen molar-refractivity contribution < 1.29 is 83.3 Å². The van der Waals surface area contributed by atoms with E-state index in [1.807, 2.05) is 0 Å². The summed E-state index contributed by atoms with van der Waals surface area (Å²) in [6, 6.07) is 3.71. The Hall–Kier alpha value is -2.25. The van der Waals surface area contributed by atoms with Gasteiger partial charge >= 0.3 is 47.3 Å². The van der Waals surface area contributed by atoms with E-state index >= 15 is 0 Å². The maximum absolute atomic E-state index is 12.7. The summed E-state index contributed by atoms with van der Waals surface area (Å²) in [7, 11) is 2.58. The number of aliphatic hydroxyl groups is 2. The average molecular weight is 621 g/mol. The second-order valence-corrected chi connectivity index (χ2v) is 10.8. The molecule has 2 aromatic heterocycles. The van der Waals surface area contributed by atoms with Crippen molar-refractivity contribution in [1.29, 1.82) is 0 Å². The van der Waals surface area contributed by atoms with E-state index in [0.717, 1.165) is 11.3 Å². The number of hydrogen-bond donors (Lipinski definition) is 5. The fraction of sp³-hybridized carbons (Fsp3) is 0.458. The molecule has 1 aliphatic rings. The standard InChI is InChI=1S/C24H27N3O11S2.Na/c1-10(29)25-17-15(35-2)7-24(23(33)34,38-19(17)18(36-3)14(30)8-28)37-11-4-5-12-16(6-11)40-21(26-12)20-27-13(9-39-20)22(31)32;/h4-6,9,14-15,17-19,28,30H,7-8H2,1-3H3,(H,25,29)(H,31,32)(H,33,34);/q;+1. The molecule has 0 saturated carbocycles. The van der Waals surface area contributed by atoms with Gasteiger partial charge in [-0.25, -0.2) is 19.6 Å². The summed E-state index contributed by atoms with van der Waals surface area (Å²) in [5.74, 6) is -5.33. The molecular weight excluding hydrogens is 593 g/mol. The fourth-order valence-corrected chi connectivity index (χ4v) is 6.26. The number of carbonyl (C=O) groups is 3. The maximum Gasteiger partial charge on any atom is 1.00 e. The summed E-state index contributed by atoms with van der Waals surface area (Å²) in [5, 5.41) is 44.4. The van der Waals surface area contributed by atoms with Crippen molar-refractivity contribution >= 4 is 50.7 Å². The van der Waals surface area contributed by atoms with Gasteiger partial charge < -0.3 is 44.7 Å². The molecule has 6 unspecified atom stereocenters. The van der Waals surface area contributed by atoms with E-state index in [4.69, 9.17) is 24.1 Å². The number of aliphatic hydroxyl groups excluding tert-OH is 2. The number of fused-ring (bicyclic) bond motifs is 1. The number of ether oxygens (including phenoxy) is 4. The zero-order valence-electron chi connectivity index (χ0n) is 22.5. The van der Waals surface area contributed by atoms with Crippen LogP contribution in [0.4, 0.5) is 0 Å². The van der Waals surface area contributed by atoms with E-state index in [0.29, 0.717) is 20.2 Å². The van der Waals surface area contributed by atoms with Crippen LogP contribution in [0.15, 0.2) is 23.6 Å². The first-order valence-electron chi connectivity index (χ1n) is 11.8. The molecule has 1 fully saturated rings. The largest absolute Gasteiger partial charge is 1.00 e. The van der Waals surface area contributed by atoms with Gasteiger partial charge in [-0.1, -0.05) is 0 Å². The molecule has 6 atom stereocenters. The summed E-state index contributed by atoms with van der Waals surface area (Å²) in [4.78, 5) is 44.4. The molecule has 0 radical (unpaired) electrons. The number of nitrogens with zero attached hydrogens (tertiary/aromatic N) is 2. The number of carboxylic acid groups (broad SMARTS) is 2. The number of aromatic carboxylic acids is 1. The van der Waals surface area contributed by atoms with E-state index in [2.05, 4.69) is 15.3 Å². The van der Waals surface area contributed by atoms with Gasteiger partial charge in [-0.2, -0.15) is 0 Å². The van der Waals surface area contributed by atoms with E-state index in [-0.39, 0.29) is 47.4 Å². The van der Waals surface area contributed by atoms with Crippen LogP contribution in [-0.2, 0) is 23.8 Å². The Morgan fingerprint density at radius 2 is 1.95 bits per heavy atom. The van der Waals surface area contributed by atoms with Gasteiger partial charge in [-0.15, -0.1) is 22.7 Å². The number of aliphatic carboxylic acids is 1. The fourth-order valence-electron chi connectivity index (χ4n) is 4.44. The first-order chi connectivity index (χ1) is 19.0. The van der Waals surface area contributed by atoms with Crippen molar-refractivity contribution in [3.8, 4) is 15.8 Å². The monoisotopic (exact) mass is 620 g/mol. The van der Waals surface area contributed by atoms with Crippen LogP contribution in [0.5, 0.6) is 5.75 Å². The topological polar surface area (TPSA) is 207 Å². The Morgan fingerprint density at radius 3 is 2.51 bits per heavy atom. The molecule has 3 aromatic rings. The van der Waals surface area contributed by atoms with E-state index in [1.165, 1.54) is 43.9 Å². The SMILES string of the molecule is COC1CC(Oc2ccc3nc(-c4nc(C(=O)O)cs4)sc3c2)(C(=O)O)OC(C(OC)C(O)CO)C1NC(C)=O.[Na+]. The Morgan fingerprint density at radius 1 is 1.22 bits per heavy atom. The normalized spacial score (nSPS) is 23.8. The number of aromatic nitrogens is 2. The molecular formula is C24H27N3NaO11S2+. The van der Waals surface area contributed by atoms with Crippen LogP contribution in [0, 0.1) is 0 Å². The molecule has 41 heavy (non-hydrogen) atoms. The number of rotatable bonds is 11. The van der Waals surface area contributed by atoms with Crippen molar-refractivity contribution in [2.75, 3.05) is 20.8 Å². The van der Waals surface area contributed by atoms with Crippen LogP contribution in [0.1, 0.15) is 23.8 Å². The molecule has 4 rings (SSSR count). The molecule has 17 heteroatoms. The minimum absolute atomic E-state index is 0. The zero-order chi connectivity index (χ0) is 29.2. The molecule has 3 heterocycles. The van der Waals surface area contributed by atoms with Crippen LogP contribution in [-0.4, -0.2) is 105 Å². The summed E-state index contributed by atoms with van der Waals surface area (Å²) >= 11 is 2.34. The summed E-state index contributed by atoms with van der Waals surface area (Å²) in [5.41, 5.74) is 0.457. The molecule has 1 saturated heterocycles. The van der Waals surface area contributed by atoms with Gasteiger partial charge in [0.05, 0.1) is 35.4 Å². The van der Waals surface area contributed by atoms with Crippen LogP contribution in [0.3, 0.4) is 0 Å². The van der Waals surface area contributed by atoms with Gasteiger partial charge in [-0.3, -0.25) is 4.79 Å². The number of carboxylic acids is 2. The predicted molar refractivity (Wildman–Crippen MR) is 140 cm³/mol. The third kappa shape index (κ3) is 7.05. The number of amides is 1. The summed E-state index contributed by atoms with van der Waals surface area (Å²) in [6.07, 6.45) is -5.35. The summed E-state index contributed by atoms with van der Waals surface area (Å²) < 4.78 is 23.4. The van der Waals surface area contributed by atoms with E-state index < -0.39 is 60.7 Å². The third-order valence-corrected chi connectivity index (χ3v) is 8.26. The second-order valence-electron chi connectivity index (χ2n) is 8.89. The molecule has 14 nitrogen and oxygen atoms in total. The van der Waals surface area contributed by atoms with Crippen molar-refractivity contribution in [2.24, 2.45) is 0 Å². The number of methoxy groups -OCH3 is 2. The number of benzene rings is 1. The molecule has 216 valence electrons. The van der Waals surface area contributed by atoms with Crippen LogP contribution in [0.2, 0.25) is 0 Å². The van der Waals surface area contributed by atoms with Gasteiger partial charge in [0.25, 0.3) is 0 Å². The van der Waals surface area contributed by atoms with Gasteiger partial charge in [0.2, 0.25) is 5.91 Å². The maximum atomic E-state index is 12.7. The zero-order valence-corrected chi connectivity index (χ0v) is 26.1. The molecule has 0 bridgehead atoms. The Labute approximate surface area is 263 Å². The quantitative estimate of drug-likeness (QED) is 0.147. The molecule has 1 aliphatic heterocycles. The minimum Gasteiger partial charge on any atom is -0.476 e. The molecule has 5 N–H and O–H groups in total. The molecule has 0 spiro atoms. The first-order valence-corrected chi connectivity index (χ1v) is 13.5. The van der Waals surface area contributed by atoms with Gasteiger partial charge in [0.15, 0.2) is 15.7 Å². The predicted octanol–water partition coefficient (Wildman–Crippen LogP) is -2.04. The van der Waals surface area contributed by atoms with Crippen LogP contribution in [0.25, 0.3) is 20.2 Å². The van der Waals surface area contributed by atoms with Crippen molar-refractivity contribution in [2.45, 2.75) is 49.6 Å². The number of carbonyl (C=O) groups excluding carboxylic acids is 1. The van der Waals surface area contributed by atoms with Crippen molar-refractivity contribution in [1.82, 2.24) is 15.3 Å². The van der Waals surface area contributed by atoms with Crippen LogP contribution < -0.4 is 39.6 Å². The smallest absolute Gasteiger partial charge is 0.476 e. The van der Waals surface area contributed by atoms with Crippen LogP contribution >= 0.6 is 22.7 Å². The van der Waals surface area contributed by atoms with Crippen molar-refractivity contribution in [3.05, 3.63) is 29.3 Å². The van der Waals surface area contributed by atoms with E-state index in [9.17, 15) is 29.7 Å². The van der Waals surface area contributed by atoms with Gasteiger partial charge in [-0.05, 0) is 18.2 Å². The Balaban J connectivity index is 0.00000462. The third-order valence-electron chi connectivity index (χ3n) is 6.26. The molecule has 0 aliphatic carbocycles. The second kappa shape index (κ2) is 13.8. The average Bonchev–Trinajstić information content (AvgIpc) is 3.57. The first kappa shape index (κ1) is 33.3. The Kier molecular flexibility index (Phi) is 11.2.